The maximum absolute atomic E-state index is 12.3. The fourth-order valence-electron chi connectivity index (χ4n) is 3.26. The lowest BCUT2D eigenvalue weighted by Crippen LogP contribution is -2.54. The predicted molar refractivity (Wildman–Crippen MR) is 80.2 cm³/mol. The molecule has 0 bridgehead atoms. The van der Waals surface area contributed by atoms with Gasteiger partial charge in [0.2, 0.25) is 0 Å². The molecule has 1 heterocycles. The first-order valence-corrected chi connectivity index (χ1v) is 7.88. The number of nitrogens with one attached hydrogen (secondary N) is 1. The number of carboxylic acids is 1. The molecule has 21 heavy (non-hydrogen) atoms. The van der Waals surface area contributed by atoms with Gasteiger partial charge in [-0.15, -0.1) is 0 Å². The van der Waals surface area contributed by atoms with Crippen LogP contribution in [0.4, 0.5) is 4.79 Å². The van der Waals surface area contributed by atoms with Crippen LogP contribution in [0.2, 0.25) is 0 Å². The molecule has 0 aromatic carbocycles. The molecule has 0 radical (unpaired) electrons. The van der Waals surface area contributed by atoms with Crippen molar-refractivity contribution in [3.05, 3.63) is 0 Å². The average molecular weight is 297 g/mol. The van der Waals surface area contributed by atoms with E-state index in [1.807, 2.05) is 4.90 Å². The topological polar surface area (TPSA) is 72.9 Å². The standard InChI is InChI=1S/C15H27N3O3/c1-15(2)6-3-4-12(15)16-14(21)18-10-8-17(9-11-18)7-5-13(19)20/h12H,3-11H2,1-2H3,(H,16,21)(H,19,20). The summed E-state index contributed by atoms with van der Waals surface area (Å²) >= 11 is 0. The first-order chi connectivity index (χ1) is 9.88. The molecular formula is C15H27N3O3. The van der Waals surface area contributed by atoms with E-state index < -0.39 is 5.97 Å². The zero-order valence-corrected chi connectivity index (χ0v) is 13.1. The molecule has 1 saturated heterocycles. The molecule has 1 atom stereocenters. The van der Waals surface area contributed by atoms with E-state index in [1.165, 1.54) is 12.8 Å². The minimum absolute atomic E-state index is 0.0351. The summed E-state index contributed by atoms with van der Waals surface area (Å²) < 4.78 is 0. The lowest BCUT2D eigenvalue weighted by atomic mass is 9.87. The van der Waals surface area contributed by atoms with E-state index in [9.17, 15) is 9.59 Å². The molecule has 0 aromatic heterocycles. The van der Waals surface area contributed by atoms with E-state index in [0.29, 0.717) is 19.6 Å². The number of carboxylic acid groups (broad SMARTS) is 1. The zero-order valence-electron chi connectivity index (χ0n) is 13.1. The van der Waals surface area contributed by atoms with E-state index >= 15 is 0 Å². The third-order valence-corrected chi connectivity index (χ3v) is 4.86. The Bertz CT molecular complexity index is 390. The molecule has 2 fully saturated rings. The molecule has 1 aliphatic heterocycles. The number of piperazine rings is 1. The molecular weight excluding hydrogens is 270 g/mol. The van der Waals surface area contributed by atoms with Gasteiger partial charge >= 0.3 is 12.0 Å². The summed E-state index contributed by atoms with van der Waals surface area (Å²) in [5.41, 5.74) is 0.193. The van der Waals surface area contributed by atoms with Crippen LogP contribution < -0.4 is 5.32 Å². The maximum atomic E-state index is 12.3. The first-order valence-electron chi connectivity index (χ1n) is 7.88. The van der Waals surface area contributed by atoms with Crippen molar-refractivity contribution >= 4 is 12.0 Å². The summed E-state index contributed by atoms with van der Waals surface area (Å²) in [5, 5.41) is 11.9. The van der Waals surface area contributed by atoms with Crippen LogP contribution in [0.15, 0.2) is 0 Å². The highest BCUT2D eigenvalue weighted by molar-refractivity contribution is 5.74. The van der Waals surface area contributed by atoms with Gasteiger partial charge in [0.25, 0.3) is 0 Å². The predicted octanol–water partition coefficient (Wildman–Crippen LogP) is 1.37. The number of nitrogens with zero attached hydrogens (tertiary/aromatic N) is 2. The van der Waals surface area contributed by atoms with Crippen molar-refractivity contribution in [3.8, 4) is 0 Å². The van der Waals surface area contributed by atoms with Crippen LogP contribution in [0.3, 0.4) is 0 Å². The van der Waals surface area contributed by atoms with E-state index in [4.69, 9.17) is 5.11 Å². The third-order valence-electron chi connectivity index (χ3n) is 4.86. The van der Waals surface area contributed by atoms with Crippen molar-refractivity contribution in [1.29, 1.82) is 0 Å². The summed E-state index contributed by atoms with van der Waals surface area (Å²) in [6.45, 7) is 7.88. The van der Waals surface area contributed by atoms with E-state index in [-0.39, 0.29) is 23.9 Å². The van der Waals surface area contributed by atoms with E-state index in [0.717, 1.165) is 19.5 Å². The molecule has 0 spiro atoms. The molecule has 2 N–H and O–H groups in total. The van der Waals surface area contributed by atoms with Crippen LogP contribution in [0, 0.1) is 5.41 Å². The Kier molecular flexibility index (Phi) is 5.08. The van der Waals surface area contributed by atoms with E-state index in [1.54, 1.807) is 0 Å². The van der Waals surface area contributed by atoms with Gasteiger partial charge in [-0.05, 0) is 18.3 Å². The number of rotatable bonds is 4. The molecule has 120 valence electrons. The van der Waals surface area contributed by atoms with Crippen LogP contribution in [0.1, 0.15) is 39.5 Å². The molecule has 0 aromatic rings. The van der Waals surface area contributed by atoms with Crippen molar-refractivity contribution in [1.82, 2.24) is 15.1 Å². The Balaban J connectivity index is 1.74. The molecule has 2 rings (SSSR count). The highest BCUT2D eigenvalue weighted by Crippen LogP contribution is 2.37. The summed E-state index contributed by atoms with van der Waals surface area (Å²) in [7, 11) is 0. The fourth-order valence-corrected chi connectivity index (χ4v) is 3.26. The van der Waals surface area contributed by atoms with Crippen molar-refractivity contribution in [2.75, 3.05) is 32.7 Å². The minimum atomic E-state index is -0.765. The summed E-state index contributed by atoms with van der Waals surface area (Å²) in [5.74, 6) is -0.765. The molecule has 2 amide bonds. The SMILES string of the molecule is CC1(C)CCCC1NC(=O)N1CCN(CCC(=O)O)CC1. The summed E-state index contributed by atoms with van der Waals surface area (Å²) in [6, 6.07) is 0.308. The lowest BCUT2D eigenvalue weighted by molar-refractivity contribution is -0.137. The van der Waals surface area contributed by atoms with Crippen molar-refractivity contribution in [3.63, 3.8) is 0 Å². The van der Waals surface area contributed by atoms with Gasteiger partial charge in [-0.25, -0.2) is 4.79 Å². The number of aliphatic carboxylic acids is 1. The third kappa shape index (κ3) is 4.33. The maximum Gasteiger partial charge on any atom is 0.317 e. The van der Waals surface area contributed by atoms with Gasteiger partial charge in [-0.3, -0.25) is 9.69 Å². The number of hydrogen-bond donors (Lipinski definition) is 2. The highest BCUT2D eigenvalue weighted by atomic mass is 16.4. The number of carbonyl (C=O) groups is 2. The van der Waals surface area contributed by atoms with Crippen LogP contribution >= 0.6 is 0 Å². The van der Waals surface area contributed by atoms with Crippen LogP contribution in [0.25, 0.3) is 0 Å². The number of amides is 2. The quantitative estimate of drug-likeness (QED) is 0.822. The molecule has 1 aliphatic carbocycles. The van der Waals surface area contributed by atoms with Gasteiger partial charge in [0, 0.05) is 38.8 Å². The van der Waals surface area contributed by atoms with Gasteiger partial charge in [-0.2, -0.15) is 0 Å². The minimum Gasteiger partial charge on any atom is -0.481 e. The molecule has 1 unspecified atom stereocenters. The Morgan fingerprint density at radius 1 is 1.24 bits per heavy atom. The fraction of sp³-hybridized carbons (Fsp3) is 0.867. The van der Waals surface area contributed by atoms with Crippen LogP contribution in [0.5, 0.6) is 0 Å². The lowest BCUT2D eigenvalue weighted by Gasteiger charge is -2.36. The Hall–Kier alpha value is -1.30. The van der Waals surface area contributed by atoms with Crippen molar-refractivity contribution < 1.29 is 14.7 Å². The second kappa shape index (κ2) is 6.64. The number of hydrogen-bond acceptors (Lipinski definition) is 3. The van der Waals surface area contributed by atoms with Gasteiger partial charge in [0.15, 0.2) is 0 Å². The van der Waals surface area contributed by atoms with Crippen LogP contribution in [-0.2, 0) is 4.79 Å². The normalized spacial score (nSPS) is 25.8. The highest BCUT2D eigenvalue weighted by Gasteiger charge is 2.36. The van der Waals surface area contributed by atoms with Crippen LogP contribution in [-0.4, -0.2) is 65.7 Å². The Morgan fingerprint density at radius 3 is 2.43 bits per heavy atom. The molecule has 1 saturated carbocycles. The first kappa shape index (κ1) is 16.1. The second-order valence-corrected chi connectivity index (χ2v) is 6.86. The van der Waals surface area contributed by atoms with Gasteiger partial charge < -0.3 is 15.3 Å². The Morgan fingerprint density at radius 2 is 1.90 bits per heavy atom. The monoisotopic (exact) mass is 297 g/mol. The van der Waals surface area contributed by atoms with E-state index in [2.05, 4.69) is 24.1 Å². The molecule has 2 aliphatic rings. The zero-order chi connectivity index (χ0) is 15.5. The smallest absolute Gasteiger partial charge is 0.317 e. The Labute approximate surface area is 126 Å². The number of urea groups is 1. The van der Waals surface area contributed by atoms with Gasteiger partial charge in [0.1, 0.15) is 0 Å². The van der Waals surface area contributed by atoms with Gasteiger partial charge in [0.05, 0.1) is 6.42 Å². The summed E-state index contributed by atoms with van der Waals surface area (Å²) in [4.78, 5) is 26.8. The summed E-state index contributed by atoms with van der Waals surface area (Å²) in [6.07, 6.45) is 3.58. The molecule has 6 nitrogen and oxygen atoms in total. The molecule has 6 heteroatoms. The van der Waals surface area contributed by atoms with Crippen molar-refractivity contribution in [2.24, 2.45) is 5.41 Å². The average Bonchev–Trinajstić information content (AvgIpc) is 2.76. The second-order valence-electron chi connectivity index (χ2n) is 6.86. The number of carbonyl (C=O) groups excluding carboxylic acids is 1. The van der Waals surface area contributed by atoms with Crippen molar-refractivity contribution in [2.45, 2.75) is 45.6 Å². The largest absolute Gasteiger partial charge is 0.481 e. The van der Waals surface area contributed by atoms with Gasteiger partial charge in [-0.1, -0.05) is 20.3 Å².